The van der Waals surface area contributed by atoms with Crippen molar-refractivity contribution in [1.29, 1.82) is 0 Å². The van der Waals surface area contributed by atoms with E-state index in [1.54, 1.807) is 0 Å². The maximum Gasteiger partial charge on any atom is 0.450 e. The standard InChI is InChI=1S/C16H7Cl2F3O3/c17-7-1-3-9(11(18)5-7)13-14(23)10-4-2-8(22)6-12(10)24-15(13)16(19,20)21/h1-6,22H. The van der Waals surface area contributed by atoms with Crippen molar-refractivity contribution in [3.8, 4) is 16.9 Å². The van der Waals surface area contributed by atoms with Crippen molar-refractivity contribution in [3.63, 3.8) is 0 Å². The first-order valence-corrected chi connectivity index (χ1v) is 7.26. The van der Waals surface area contributed by atoms with Crippen molar-refractivity contribution >= 4 is 34.2 Å². The summed E-state index contributed by atoms with van der Waals surface area (Å²) in [5.74, 6) is -1.81. The average molecular weight is 375 g/mol. The molecule has 0 bridgehead atoms. The minimum absolute atomic E-state index is 0.109. The van der Waals surface area contributed by atoms with Gasteiger partial charge >= 0.3 is 6.18 Å². The van der Waals surface area contributed by atoms with Gasteiger partial charge in [-0.2, -0.15) is 13.2 Å². The molecule has 24 heavy (non-hydrogen) atoms. The molecule has 0 amide bonds. The molecule has 124 valence electrons. The van der Waals surface area contributed by atoms with Crippen molar-refractivity contribution in [3.05, 3.63) is 62.4 Å². The summed E-state index contributed by atoms with van der Waals surface area (Å²) in [5, 5.41) is 9.39. The number of alkyl halides is 3. The van der Waals surface area contributed by atoms with Crippen LogP contribution in [0, 0.1) is 0 Å². The van der Waals surface area contributed by atoms with Gasteiger partial charge in [0.2, 0.25) is 11.2 Å². The lowest BCUT2D eigenvalue weighted by Crippen LogP contribution is -2.16. The van der Waals surface area contributed by atoms with Gasteiger partial charge in [-0.3, -0.25) is 4.79 Å². The van der Waals surface area contributed by atoms with E-state index in [0.717, 1.165) is 6.07 Å². The van der Waals surface area contributed by atoms with Crippen molar-refractivity contribution in [1.82, 2.24) is 0 Å². The second-order valence-electron chi connectivity index (χ2n) is 4.94. The Morgan fingerprint density at radius 1 is 1.04 bits per heavy atom. The zero-order valence-electron chi connectivity index (χ0n) is 11.6. The van der Waals surface area contributed by atoms with Crippen LogP contribution in [-0.4, -0.2) is 5.11 Å². The van der Waals surface area contributed by atoms with Gasteiger partial charge in [-0.15, -0.1) is 0 Å². The minimum atomic E-state index is -4.93. The molecule has 0 saturated carbocycles. The maximum absolute atomic E-state index is 13.4. The van der Waals surface area contributed by atoms with Gasteiger partial charge in [-0.1, -0.05) is 29.3 Å². The summed E-state index contributed by atoms with van der Waals surface area (Å²) in [7, 11) is 0. The number of rotatable bonds is 1. The van der Waals surface area contributed by atoms with E-state index in [1.807, 2.05) is 0 Å². The Kier molecular flexibility index (Phi) is 3.97. The van der Waals surface area contributed by atoms with Crippen LogP contribution in [0.25, 0.3) is 22.1 Å². The lowest BCUT2D eigenvalue weighted by atomic mass is 10.0. The number of phenolic OH excluding ortho intramolecular Hbond substituents is 1. The Bertz CT molecular complexity index is 1010. The number of hydrogen-bond donors (Lipinski definition) is 1. The number of phenols is 1. The molecule has 0 fully saturated rings. The van der Waals surface area contributed by atoms with E-state index in [2.05, 4.69) is 0 Å². The van der Waals surface area contributed by atoms with Crippen molar-refractivity contribution in [2.45, 2.75) is 6.18 Å². The normalized spacial score (nSPS) is 11.9. The Hall–Kier alpha value is -2.18. The lowest BCUT2D eigenvalue weighted by molar-refractivity contribution is -0.152. The summed E-state index contributed by atoms with van der Waals surface area (Å²) in [6, 6.07) is 7.09. The maximum atomic E-state index is 13.4. The highest BCUT2D eigenvalue weighted by atomic mass is 35.5. The van der Waals surface area contributed by atoms with E-state index in [0.29, 0.717) is 0 Å². The van der Waals surface area contributed by atoms with E-state index in [1.165, 1.54) is 30.3 Å². The lowest BCUT2D eigenvalue weighted by Gasteiger charge is -2.13. The number of hydrogen-bond acceptors (Lipinski definition) is 3. The monoisotopic (exact) mass is 374 g/mol. The number of aromatic hydroxyl groups is 1. The molecule has 0 radical (unpaired) electrons. The second kappa shape index (κ2) is 5.72. The second-order valence-corrected chi connectivity index (χ2v) is 5.78. The van der Waals surface area contributed by atoms with Crippen molar-refractivity contribution < 1.29 is 22.7 Å². The largest absolute Gasteiger partial charge is 0.508 e. The summed E-state index contributed by atoms with van der Waals surface area (Å²) < 4.78 is 45.0. The smallest absolute Gasteiger partial charge is 0.450 e. The molecule has 0 aliphatic carbocycles. The Morgan fingerprint density at radius 3 is 2.38 bits per heavy atom. The van der Waals surface area contributed by atoms with Crippen molar-refractivity contribution in [2.24, 2.45) is 0 Å². The van der Waals surface area contributed by atoms with Crippen molar-refractivity contribution in [2.75, 3.05) is 0 Å². The van der Waals surface area contributed by atoms with Crippen LogP contribution < -0.4 is 5.43 Å². The van der Waals surface area contributed by atoms with Gasteiger partial charge < -0.3 is 9.52 Å². The van der Waals surface area contributed by atoms with Gasteiger partial charge in [0.05, 0.1) is 16.0 Å². The SMILES string of the molecule is O=c1c(-c2ccc(Cl)cc2Cl)c(C(F)(F)F)oc2cc(O)ccc12. The van der Waals surface area contributed by atoms with Crippen LogP contribution in [0.1, 0.15) is 5.76 Å². The van der Waals surface area contributed by atoms with Crippen LogP contribution in [0.3, 0.4) is 0 Å². The van der Waals surface area contributed by atoms with Crippen LogP contribution in [0.2, 0.25) is 10.0 Å². The molecule has 1 aromatic heterocycles. The van der Waals surface area contributed by atoms with Crippen LogP contribution in [-0.2, 0) is 6.18 Å². The van der Waals surface area contributed by atoms with Gasteiger partial charge in [-0.05, 0) is 24.3 Å². The number of fused-ring (bicyclic) bond motifs is 1. The Labute approximate surface area is 142 Å². The molecule has 3 nitrogen and oxygen atoms in total. The number of halogens is 5. The quantitative estimate of drug-likeness (QED) is 0.612. The third kappa shape index (κ3) is 2.83. The predicted molar refractivity (Wildman–Crippen MR) is 84.6 cm³/mol. The molecule has 3 rings (SSSR count). The van der Waals surface area contributed by atoms with Crippen LogP contribution >= 0.6 is 23.2 Å². The number of benzene rings is 2. The summed E-state index contributed by atoms with van der Waals surface area (Å²) in [5.41, 5.74) is -2.13. The highest BCUT2D eigenvalue weighted by molar-refractivity contribution is 6.36. The molecule has 0 atom stereocenters. The highest BCUT2D eigenvalue weighted by Gasteiger charge is 2.39. The third-order valence-electron chi connectivity index (χ3n) is 3.33. The van der Waals surface area contributed by atoms with E-state index < -0.39 is 22.9 Å². The van der Waals surface area contributed by atoms with E-state index in [9.17, 15) is 23.1 Å². The van der Waals surface area contributed by atoms with E-state index in [4.69, 9.17) is 27.6 Å². The molecule has 0 aliphatic rings. The fourth-order valence-electron chi connectivity index (χ4n) is 2.32. The van der Waals surface area contributed by atoms with Gasteiger partial charge in [0.15, 0.2) is 0 Å². The van der Waals surface area contributed by atoms with E-state index in [-0.39, 0.29) is 32.3 Å². The molecule has 0 aliphatic heterocycles. The first kappa shape index (κ1) is 16.7. The molecule has 1 N–H and O–H groups in total. The van der Waals surface area contributed by atoms with Crippen LogP contribution in [0.5, 0.6) is 5.75 Å². The molecular formula is C16H7Cl2F3O3. The summed E-state index contributed by atoms with van der Waals surface area (Å²) in [6.45, 7) is 0. The summed E-state index contributed by atoms with van der Waals surface area (Å²) in [6.07, 6.45) is -4.93. The first-order chi connectivity index (χ1) is 11.2. The fraction of sp³-hybridized carbons (Fsp3) is 0.0625. The molecule has 2 aromatic carbocycles. The third-order valence-corrected chi connectivity index (χ3v) is 3.88. The molecule has 0 saturated heterocycles. The van der Waals surface area contributed by atoms with Gasteiger partial charge in [0.1, 0.15) is 11.3 Å². The van der Waals surface area contributed by atoms with Gasteiger partial charge in [0.25, 0.3) is 0 Å². The zero-order chi connectivity index (χ0) is 17.6. The topological polar surface area (TPSA) is 50.4 Å². The molecule has 1 heterocycles. The Balaban J connectivity index is 2.47. The fourth-order valence-corrected chi connectivity index (χ4v) is 2.82. The van der Waals surface area contributed by atoms with Gasteiger partial charge in [0, 0.05) is 16.7 Å². The van der Waals surface area contributed by atoms with Crippen LogP contribution in [0.4, 0.5) is 13.2 Å². The summed E-state index contributed by atoms with van der Waals surface area (Å²) >= 11 is 11.7. The predicted octanol–water partition coefficient (Wildman–Crippen LogP) is 5.49. The molecular weight excluding hydrogens is 368 g/mol. The molecule has 3 aromatic rings. The Morgan fingerprint density at radius 2 is 1.75 bits per heavy atom. The van der Waals surface area contributed by atoms with Crippen LogP contribution in [0.15, 0.2) is 45.6 Å². The summed E-state index contributed by atoms with van der Waals surface area (Å²) in [4.78, 5) is 12.6. The highest BCUT2D eigenvalue weighted by Crippen LogP contribution is 2.40. The van der Waals surface area contributed by atoms with Gasteiger partial charge in [-0.25, -0.2) is 0 Å². The minimum Gasteiger partial charge on any atom is -0.508 e. The molecule has 0 unspecified atom stereocenters. The van der Waals surface area contributed by atoms with E-state index >= 15 is 0 Å². The molecule has 8 heteroatoms. The average Bonchev–Trinajstić information content (AvgIpc) is 2.47. The zero-order valence-corrected chi connectivity index (χ0v) is 13.1. The first-order valence-electron chi connectivity index (χ1n) is 6.51. The molecule has 0 spiro atoms.